The van der Waals surface area contributed by atoms with Gasteiger partial charge in [0.05, 0.1) is 22.8 Å². The van der Waals surface area contributed by atoms with Gasteiger partial charge in [-0.1, -0.05) is 0 Å². The number of carboxylic acids is 1. The first-order chi connectivity index (χ1) is 11.6. The first kappa shape index (κ1) is 19.1. The van der Waals surface area contributed by atoms with E-state index in [2.05, 4.69) is 20.7 Å². The highest BCUT2D eigenvalue weighted by Crippen LogP contribution is 2.30. The van der Waals surface area contributed by atoms with Gasteiger partial charge >= 0.3 is 5.97 Å². The molecule has 0 radical (unpaired) electrons. The molecule has 0 saturated carbocycles. The predicted molar refractivity (Wildman–Crippen MR) is 84.8 cm³/mol. The molecule has 6 nitrogen and oxygen atoms in total. The Balaban J connectivity index is 2.52. The van der Waals surface area contributed by atoms with Crippen molar-refractivity contribution in [2.45, 2.75) is 4.90 Å². The normalized spacial score (nSPS) is 11.2. The van der Waals surface area contributed by atoms with E-state index in [1.54, 1.807) is 0 Å². The van der Waals surface area contributed by atoms with Crippen molar-refractivity contribution >= 4 is 37.6 Å². The molecule has 0 atom stereocenters. The van der Waals surface area contributed by atoms with Crippen LogP contribution in [0.1, 0.15) is 10.4 Å². The van der Waals surface area contributed by atoms with Crippen LogP contribution in [0.3, 0.4) is 0 Å². The van der Waals surface area contributed by atoms with Crippen LogP contribution < -0.4 is 9.46 Å². The highest BCUT2D eigenvalue weighted by atomic mass is 79.9. The topological polar surface area (TPSA) is 92.7 Å². The van der Waals surface area contributed by atoms with Gasteiger partial charge < -0.3 is 9.84 Å². The molecular weight excluding hydrogens is 431 g/mol. The zero-order valence-corrected chi connectivity index (χ0v) is 14.7. The van der Waals surface area contributed by atoms with E-state index in [0.717, 1.165) is 7.11 Å². The molecule has 0 aromatic heterocycles. The van der Waals surface area contributed by atoms with Crippen molar-refractivity contribution in [3.8, 4) is 5.75 Å². The van der Waals surface area contributed by atoms with Crippen LogP contribution in [-0.2, 0) is 10.0 Å². The monoisotopic (exact) mass is 439 g/mol. The summed E-state index contributed by atoms with van der Waals surface area (Å²) in [5.41, 5.74) is -1.11. The van der Waals surface area contributed by atoms with Crippen LogP contribution in [0.15, 0.2) is 33.6 Å². The van der Waals surface area contributed by atoms with Gasteiger partial charge in [-0.2, -0.15) is 0 Å². The Morgan fingerprint density at radius 3 is 2.16 bits per heavy atom. The molecule has 134 valence electrons. The summed E-state index contributed by atoms with van der Waals surface area (Å²) in [4.78, 5) is 10.2. The van der Waals surface area contributed by atoms with E-state index < -0.39 is 59.8 Å². The number of hydrogen-bond donors (Lipinski definition) is 2. The fourth-order valence-electron chi connectivity index (χ4n) is 1.91. The summed E-state index contributed by atoms with van der Waals surface area (Å²) in [5, 5.41) is 8.90. The second-order valence-corrected chi connectivity index (χ2v) is 7.10. The van der Waals surface area contributed by atoms with E-state index in [9.17, 15) is 26.4 Å². The van der Waals surface area contributed by atoms with Crippen LogP contribution in [0.2, 0.25) is 0 Å². The van der Waals surface area contributed by atoms with Crippen molar-refractivity contribution in [2.24, 2.45) is 0 Å². The van der Waals surface area contributed by atoms with E-state index >= 15 is 0 Å². The molecule has 25 heavy (non-hydrogen) atoms. The molecule has 0 heterocycles. The molecular formula is C14H9BrF3NO5S. The lowest BCUT2D eigenvalue weighted by atomic mass is 10.2. The van der Waals surface area contributed by atoms with Gasteiger partial charge in [0.25, 0.3) is 10.0 Å². The summed E-state index contributed by atoms with van der Waals surface area (Å²) in [6.07, 6.45) is 0. The van der Waals surface area contributed by atoms with Crippen molar-refractivity contribution in [1.29, 1.82) is 0 Å². The lowest BCUT2D eigenvalue weighted by Crippen LogP contribution is -2.16. The van der Waals surface area contributed by atoms with Crippen molar-refractivity contribution in [1.82, 2.24) is 0 Å². The third kappa shape index (κ3) is 3.87. The Labute approximate surface area is 148 Å². The molecule has 0 aliphatic carbocycles. The largest absolute Gasteiger partial charge is 0.491 e. The molecule has 0 bridgehead atoms. The Morgan fingerprint density at radius 1 is 1.12 bits per heavy atom. The number of sulfonamides is 1. The minimum Gasteiger partial charge on any atom is -0.491 e. The summed E-state index contributed by atoms with van der Waals surface area (Å²) >= 11 is 2.71. The maximum Gasteiger partial charge on any atom is 0.335 e. The molecule has 0 amide bonds. The van der Waals surface area contributed by atoms with Gasteiger partial charge in [0.1, 0.15) is 10.7 Å². The summed E-state index contributed by atoms with van der Waals surface area (Å²) in [7, 11) is -3.52. The number of carboxylic acid groups (broad SMARTS) is 1. The number of nitrogens with one attached hydrogen (secondary N) is 1. The van der Waals surface area contributed by atoms with Gasteiger partial charge in [-0.25, -0.2) is 26.4 Å². The number of halogens is 4. The summed E-state index contributed by atoms with van der Waals surface area (Å²) in [6.45, 7) is 0. The van der Waals surface area contributed by atoms with Crippen LogP contribution >= 0.6 is 15.9 Å². The van der Waals surface area contributed by atoms with Crippen LogP contribution in [0.25, 0.3) is 0 Å². The van der Waals surface area contributed by atoms with Gasteiger partial charge in [0.2, 0.25) is 0 Å². The highest BCUT2D eigenvalue weighted by molar-refractivity contribution is 9.10. The minimum absolute atomic E-state index is 0.496. The Hall–Kier alpha value is -2.27. The minimum atomic E-state index is -4.55. The number of methoxy groups -OCH3 is 1. The van der Waals surface area contributed by atoms with E-state index in [-0.39, 0.29) is 0 Å². The third-order valence-electron chi connectivity index (χ3n) is 2.99. The Bertz CT molecular complexity index is 942. The summed E-state index contributed by atoms with van der Waals surface area (Å²) in [5.74, 6) is -5.71. The van der Waals surface area contributed by atoms with Gasteiger partial charge in [0, 0.05) is 12.1 Å². The molecule has 0 spiro atoms. The standard InChI is InChI=1S/C14H9BrF3NO5S/c1-24-13-9(17)4-7(5-10(13)18)19-25(22,23)11-3-6(14(20)21)2-8(16)12(11)15/h2-5,19H,1H3,(H,20,21). The maximum absolute atomic E-state index is 13.8. The second-order valence-electron chi connectivity index (χ2n) is 4.65. The maximum atomic E-state index is 13.8. The van der Waals surface area contributed by atoms with Crippen molar-refractivity contribution in [3.63, 3.8) is 0 Å². The number of rotatable bonds is 5. The average molecular weight is 440 g/mol. The van der Waals surface area contributed by atoms with Crippen molar-refractivity contribution < 1.29 is 36.2 Å². The quantitative estimate of drug-likeness (QED) is 0.744. The molecule has 0 unspecified atom stereocenters. The van der Waals surface area contributed by atoms with Crippen molar-refractivity contribution in [3.05, 3.63) is 51.8 Å². The molecule has 2 rings (SSSR count). The zero-order valence-electron chi connectivity index (χ0n) is 12.3. The molecule has 0 saturated heterocycles. The van der Waals surface area contributed by atoms with Gasteiger partial charge in [-0.15, -0.1) is 0 Å². The molecule has 2 aromatic carbocycles. The van der Waals surface area contributed by atoms with E-state index in [1.807, 2.05) is 4.72 Å². The number of ether oxygens (including phenoxy) is 1. The van der Waals surface area contributed by atoms with Crippen LogP contribution in [0.5, 0.6) is 5.75 Å². The Kier molecular flexibility index (Phi) is 5.28. The van der Waals surface area contributed by atoms with Crippen LogP contribution in [0, 0.1) is 17.5 Å². The summed E-state index contributed by atoms with van der Waals surface area (Å²) in [6, 6.07) is 2.64. The first-order valence-electron chi connectivity index (χ1n) is 6.35. The number of carbonyl (C=O) groups is 1. The van der Waals surface area contributed by atoms with Crippen LogP contribution in [-0.4, -0.2) is 26.6 Å². The predicted octanol–water partition coefficient (Wildman–Crippen LogP) is 3.37. The third-order valence-corrected chi connectivity index (χ3v) is 5.46. The second kappa shape index (κ2) is 6.92. The van der Waals surface area contributed by atoms with Crippen molar-refractivity contribution in [2.75, 3.05) is 11.8 Å². The molecule has 0 aliphatic heterocycles. The SMILES string of the molecule is COc1c(F)cc(NS(=O)(=O)c2cc(C(=O)O)cc(F)c2Br)cc1F. The Morgan fingerprint density at radius 2 is 1.68 bits per heavy atom. The smallest absolute Gasteiger partial charge is 0.335 e. The van der Waals surface area contributed by atoms with E-state index in [0.29, 0.717) is 24.3 Å². The lowest BCUT2D eigenvalue weighted by Gasteiger charge is -2.12. The zero-order chi connectivity index (χ0) is 18.9. The molecule has 0 aliphatic rings. The van der Waals surface area contributed by atoms with E-state index in [1.165, 1.54) is 0 Å². The number of aromatic carboxylic acids is 1. The highest BCUT2D eigenvalue weighted by Gasteiger charge is 2.24. The molecule has 0 fully saturated rings. The lowest BCUT2D eigenvalue weighted by molar-refractivity contribution is 0.0696. The fourth-order valence-corrected chi connectivity index (χ4v) is 3.93. The number of anilines is 1. The summed E-state index contributed by atoms with van der Waals surface area (Å²) < 4.78 is 71.6. The van der Waals surface area contributed by atoms with Gasteiger partial charge in [-0.05, 0) is 28.1 Å². The molecule has 2 N–H and O–H groups in total. The molecule has 2 aromatic rings. The van der Waals surface area contributed by atoms with Gasteiger partial charge in [0.15, 0.2) is 17.4 Å². The van der Waals surface area contributed by atoms with Gasteiger partial charge in [-0.3, -0.25) is 4.72 Å². The fraction of sp³-hybridized carbons (Fsp3) is 0.0714. The molecule has 11 heteroatoms. The number of hydrogen-bond acceptors (Lipinski definition) is 4. The number of benzene rings is 2. The van der Waals surface area contributed by atoms with E-state index in [4.69, 9.17) is 5.11 Å². The average Bonchev–Trinajstić information content (AvgIpc) is 2.48. The first-order valence-corrected chi connectivity index (χ1v) is 8.62. The van der Waals surface area contributed by atoms with Crippen LogP contribution in [0.4, 0.5) is 18.9 Å².